The fourth-order valence-corrected chi connectivity index (χ4v) is 4.70. The zero-order valence-corrected chi connectivity index (χ0v) is 23.3. The molecule has 3 N–H and O–H groups in total. The Balaban J connectivity index is 1.87. The number of hydrogen-bond acceptors (Lipinski definition) is 8. The Bertz CT molecular complexity index is 1560. The number of carbonyl (C=O) groups is 1. The number of aliphatic hydroxyl groups is 1. The van der Waals surface area contributed by atoms with E-state index in [4.69, 9.17) is 25.1 Å². The van der Waals surface area contributed by atoms with Crippen LogP contribution in [0.25, 0.3) is 20.9 Å². The van der Waals surface area contributed by atoms with Crippen molar-refractivity contribution < 1.29 is 19.4 Å². The lowest BCUT2D eigenvalue weighted by atomic mass is 9.80. The molecule has 13 nitrogen and oxygen atoms in total. The average Bonchev–Trinajstić information content (AvgIpc) is 3.42. The molecule has 0 aromatic heterocycles. The predicted molar refractivity (Wildman–Crippen MR) is 161 cm³/mol. The lowest BCUT2D eigenvalue weighted by molar-refractivity contribution is -0.129. The van der Waals surface area contributed by atoms with E-state index >= 15 is 0 Å². The Morgan fingerprint density at radius 1 is 1.09 bits per heavy atom. The maximum absolute atomic E-state index is 14.2. The number of ether oxygens (including phenoxy) is 2. The minimum absolute atomic E-state index is 0.0270. The number of rotatable bonds is 15. The topological polar surface area (TPSA) is 190 Å². The van der Waals surface area contributed by atoms with Gasteiger partial charge in [0.1, 0.15) is 5.75 Å². The van der Waals surface area contributed by atoms with Crippen LogP contribution in [0, 0.1) is 0 Å². The summed E-state index contributed by atoms with van der Waals surface area (Å²) in [5, 5.41) is 16.6. The number of amides is 1. The van der Waals surface area contributed by atoms with Crippen LogP contribution in [0.15, 0.2) is 101 Å². The van der Waals surface area contributed by atoms with Crippen molar-refractivity contribution >= 4 is 17.5 Å². The van der Waals surface area contributed by atoms with E-state index in [2.05, 4.69) is 37.5 Å². The third kappa shape index (κ3) is 7.31. The lowest BCUT2D eigenvalue weighted by Crippen LogP contribution is -2.54. The molecule has 4 rings (SSSR count). The van der Waals surface area contributed by atoms with E-state index in [1.807, 2.05) is 24.3 Å². The third-order valence-electron chi connectivity index (χ3n) is 6.73. The maximum atomic E-state index is 14.2. The average molecular weight is 582 g/mol. The highest BCUT2D eigenvalue weighted by Gasteiger charge is 2.54. The van der Waals surface area contributed by atoms with Gasteiger partial charge in [0.05, 0.1) is 13.2 Å². The normalized spacial score (nSPS) is 17.0. The van der Waals surface area contributed by atoms with Crippen molar-refractivity contribution in [2.75, 3.05) is 19.8 Å². The molecule has 0 saturated heterocycles. The molecule has 13 heteroatoms. The first-order valence-electron chi connectivity index (χ1n) is 13.5. The molecule has 1 amide bonds. The highest BCUT2D eigenvalue weighted by Crippen LogP contribution is 2.45. The molecule has 0 radical (unpaired) electrons. The second kappa shape index (κ2) is 15.1. The van der Waals surface area contributed by atoms with Gasteiger partial charge in [0, 0.05) is 52.6 Å². The second-order valence-corrected chi connectivity index (χ2v) is 9.50. The number of carbonyl (C=O) groups excluding carboxylic acids is 1. The van der Waals surface area contributed by atoms with Crippen molar-refractivity contribution in [1.29, 1.82) is 0 Å². The lowest BCUT2D eigenvalue weighted by Gasteiger charge is -2.32. The van der Waals surface area contributed by atoms with Gasteiger partial charge in [-0.25, -0.2) is 10.4 Å². The molecule has 1 aliphatic rings. The summed E-state index contributed by atoms with van der Waals surface area (Å²) >= 11 is 0. The predicted octanol–water partition coefficient (Wildman–Crippen LogP) is 5.51. The van der Waals surface area contributed by atoms with E-state index in [1.165, 1.54) is 0 Å². The second-order valence-electron chi connectivity index (χ2n) is 9.50. The van der Waals surface area contributed by atoms with Crippen LogP contribution in [-0.2, 0) is 22.5 Å². The van der Waals surface area contributed by atoms with Gasteiger partial charge in [-0.2, -0.15) is 0 Å². The molecule has 0 fully saturated rings. The van der Waals surface area contributed by atoms with Crippen LogP contribution < -0.4 is 15.6 Å². The van der Waals surface area contributed by atoms with E-state index in [0.29, 0.717) is 36.4 Å². The molecule has 43 heavy (non-hydrogen) atoms. The Hall–Kier alpha value is -5.32. The number of hydrogen-bond donors (Lipinski definition) is 3. The Morgan fingerprint density at radius 3 is 2.56 bits per heavy atom. The van der Waals surface area contributed by atoms with Crippen LogP contribution in [0.3, 0.4) is 0 Å². The first-order chi connectivity index (χ1) is 21.1. The van der Waals surface area contributed by atoms with Crippen molar-refractivity contribution in [3.8, 4) is 5.75 Å². The third-order valence-corrected chi connectivity index (χ3v) is 6.73. The summed E-state index contributed by atoms with van der Waals surface area (Å²) in [4.78, 5) is 25.0. The highest BCUT2D eigenvalue weighted by molar-refractivity contribution is 6.01. The van der Waals surface area contributed by atoms with Gasteiger partial charge in [-0.1, -0.05) is 64.8 Å². The zero-order chi connectivity index (χ0) is 30.5. The summed E-state index contributed by atoms with van der Waals surface area (Å²) in [7, 11) is 0. The number of aliphatic hydroxyl groups excluding tert-OH is 1. The smallest absolute Gasteiger partial charge is 0.266 e. The monoisotopic (exact) mass is 581 g/mol. The SMILES string of the molecule is C=CCNNC(=O)[C@@]1(Cc2ccccc2CN=[N+]=[N-])N=C(c2ccc(OCCCO)cc2)O[C@H]1c1ccccc1N=[N+]=[N-]. The molecule has 1 heterocycles. The van der Waals surface area contributed by atoms with Gasteiger partial charge in [-0.3, -0.25) is 10.2 Å². The minimum Gasteiger partial charge on any atom is -0.494 e. The standard InChI is InChI=1S/C30H31N9O4/c1-2-16-33-37-29(41)30(19-22-8-3-4-9-23(22)20-34-38-31)27(25-10-5-6-11-26(25)36-39-32)43-28(35-30)21-12-14-24(15-13-21)42-18-7-17-40/h2-6,8-15,27,33,40H,1,7,16-20H2,(H,37,41)/t27-,30-/m0/s1. The molecule has 220 valence electrons. The minimum atomic E-state index is -1.59. The van der Waals surface area contributed by atoms with Crippen LogP contribution >= 0.6 is 0 Å². The largest absolute Gasteiger partial charge is 0.494 e. The fourth-order valence-electron chi connectivity index (χ4n) is 4.70. The van der Waals surface area contributed by atoms with Gasteiger partial charge in [-0.15, -0.1) is 6.58 Å². The van der Waals surface area contributed by atoms with Crippen molar-refractivity contribution in [1.82, 2.24) is 10.9 Å². The number of azide groups is 2. The Kier molecular flexibility index (Phi) is 10.7. The molecule has 0 unspecified atom stereocenters. The molecule has 0 aliphatic carbocycles. The number of hydrazine groups is 1. The van der Waals surface area contributed by atoms with Crippen LogP contribution in [0.4, 0.5) is 5.69 Å². The van der Waals surface area contributed by atoms with Crippen LogP contribution in [0.2, 0.25) is 0 Å². The van der Waals surface area contributed by atoms with Crippen molar-refractivity contribution in [3.63, 3.8) is 0 Å². The van der Waals surface area contributed by atoms with Crippen LogP contribution in [-0.4, -0.2) is 42.2 Å². The van der Waals surface area contributed by atoms with E-state index in [0.717, 1.165) is 11.1 Å². The van der Waals surface area contributed by atoms with E-state index in [9.17, 15) is 10.3 Å². The molecule has 0 spiro atoms. The highest BCUT2D eigenvalue weighted by atomic mass is 16.5. The van der Waals surface area contributed by atoms with Gasteiger partial charge >= 0.3 is 0 Å². The molecule has 1 aliphatic heterocycles. The molecule has 2 atom stereocenters. The van der Waals surface area contributed by atoms with Crippen molar-refractivity contribution in [3.05, 3.63) is 129 Å². The number of aliphatic imine (C=N–C) groups is 1. The summed E-state index contributed by atoms with van der Waals surface area (Å²) in [5.41, 5.74) is 25.0. The van der Waals surface area contributed by atoms with E-state index in [1.54, 1.807) is 54.6 Å². The first kappa shape index (κ1) is 30.6. The molecule has 0 saturated carbocycles. The fraction of sp³-hybridized carbons (Fsp3) is 0.267. The molecule has 3 aromatic rings. The summed E-state index contributed by atoms with van der Waals surface area (Å²) < 4.78 is 12.2. The summed E-state index contributed by atoms with van der Waals surface area (Å²) in [6.07, 6.45) is 1.15. The summed E-state index contributed by atoms with van der Waals surface area (Å²) in [6.45, 7) is 4.45. The van der Waals surface area contributed by atoms with Crippen LogP contribution in [0.5, 0.6) is 5.75 Å². The quantitative estimate of drug-likeness (QED) is 0.0532. The van der Waals surface area contributed by atoms with Gasteiger partial charge in [0.25, 0.3) is 5.91 Å². The zero-order valence-electron chi connectivity index (χ0n) is 23.3. The van der Waals surface area contributed by atoms with Gasteiger partial charge in [-0.05, 0) is 46.5 Å². The summed E-state index contributed by atoms with van der Waals surface area (Å²) in [5.74, 6) is 0.312. The number of nitrogens with one attached hydrogen (secondary N) is 2. The van der Waals surface area contributed by atoms with Crippen LogP contribution in [0.1, 0.15) is 34.8 Å². The molecule has 0 bridgehead atoms. The number of nitrogens with zero attached hydrogens (tertiary/aromatic N) is 7. The van der Waals surface area contributed by atoms with Gasteiger partial charge < -0.3 is 14.6 Å². The van der Waals surface area contributed by atoms with Crippen molar-refractivity contribution in [2.24, 2.45) is 15.2 Å². The van der Waals surface area contributed by atoms with E-state index in [-0.39, 0.29) is 31.2 Å². The summed E-state index contributed by atoms with van der Waals surface area (Å²) in [6, 6.07) is 21.2. The molecular formula is C30H31N9O4. The van der Waals surface area contributed by atoms with Gasteiger partial charge in [0.2, 0.25) is 5.90 Å². The number of benzene rings is 3. The van der Waals surface area contributed by atoms with Crippen molar-refractivity contribution in [2.45, 2.75) is 31.0 Å². The molecule has 3 aromatic carbocycles. The van der Waals surface area contributed by atoms with Gasteiger partial charge in [0.15, 0.2) is 11.6 Å². The maximum Gasteiger partial charge on any atom is 0.266 e. The van der Waals surface area contributed by atoms with E-state index < -0.39 is 17.6 Å². The molecular weight excluding hydrogens is 550 g/mol. The Labute approximate surface area is 248 Å². The first-order valence-corrected chi connectivity index (χ1v) is 13.5. The Morgan fingerprint density at radius 2 is 1.84 bits per heavy atom.